The second-order valence-electron chi connectivity index (χ2n) is 4.26. The first-order chi connectivity index (χ1) is 8.74. The van der Waals surface area contributed by atoms with Gasteiger partial charge in [-0.15, -0.1) is 0 Å². The predicted molar refractivity (Wildman–Crippen MR) is 64.1 cm³/mol. The van der Waals surface area contributed by atoms with Gasteiger partial charge in [-0.2, -0.15) is 5.10 Å². The molecule has 0 unspecified atom stereocenters. The van der Waals surface area contributed by atoms with Crippen LogP contribution in [0.4, 0.5) is 0 Å². The van der Waals surface area contributed by atoms with Crippen molar-refractivity contribution in [1.29, 1.82) is 0 Å². The van der Waals surface area contributed by atoms with Crippen LogP contribution in [-0.4, -0.2) is 32.5 Å². The van der Waals surface area contributed by atoms with Crippen LogP contribution in [0, 0.1) is 0 Å². The topological polar surface area (TPSA) is 81.8 Å². The average molecular weight is 244 g/mol. The molecule has 1 amide bonds. The first-order valence-corrected chi connectivity index (χ1v) is 5.74. The molecule has 3 rings (SSSR count). The van der Waals surface area contributed by atoms with Crippen LogP contribution >= 0.6 is 0 Å². The molecule has 0 atom stereocenters. The fourth-order valence-electron chi connectivity index (χ4n) is 2.15. The maximum absolute atomic E-state index is 12.1. The third-order valence-electron chi connectivity index (χ3n) is 3.07. The molecule has 0 aliphatic carbocycles. The summed E-state index contributed by atoms with van der Waals surface area (Å²) in [7, 11) is 0. The van der Waals surface area contributed by atoms with Crippen molar-refractivity contribution in [2.75, 3.05) is 6.54 Å². The Hall–Kier alpha value is -2.37. The molecule has 1 aliphatic heterocycles. The van der Waals surface area contributed by atoms with E-state index >= 15 is 0 Å². The van der Waals surface area contributed by atoms with Gasteiger partial charge < -0.3 is 9.88 Å². The summed E-state index contributed by atoms with van der Waals surface area (Å²) in [6.07, 6.45) is 2.38. The van der Waals surface area contributed by atoms with Gasteiger partial charge in [-0.1, -0.05) is 0 Å². The van der Waals surface area contributed by atoms with Crippen LogP contribution in [0.5, 0.6) is 0 Å². The number of carbonyl (C=O) groups is 1. The number of hydrogen-bond donors (Lipinski definition) is 2. The lowest BCUT2D eigenvalue weighted by Crippen LogP contribution is -2.37. The van der Waals surface area contributed by atoms with Crippen LogP contribution in [0.15, 0.2) is 29.2 Å². The normalized spacial score (nSPS) is 14.3. The standard InChI is InChI=1S/C12H12N4O2/c17-11-6-8-7-16(5-3-9(8)14-15-11)12(18)10-2-1-4-13-10/h1-2,4,6,13H,3,5,7H2,(H,15,17). The first-order valence-electron chi connectivity index (χ1n) is 5.74. The number of nitrogens with one attached hydrogen (secondary N) is 2. The number of carbonyl (C=O) groups excluding carboxylic acids is 1. The Kier molecular flexibility index (Phi) is 2.47. The Morgan fingerprint density at radius 1 is 1.44 bits per heavy atom. The zero-order valence-corrected chi connectivity index (χ0v) is 9.64. The van der Waals surface area contributed by atoms with Gasteiger partial charge in [-0.05, 0) is 12.1 Å². The molecule has 0 saturated heterocycles. The van der Waals surface area contributed by atoms with Gasteiger partial charge >= 0.3 is 0 Å². The van der Waals surface area contributed by atoms with E-state index < -0.39 is 0 Å². The molecule has 0 spiro atoms. The van der Waals surface area contributed by atoms with Crippen molar-refractivity contribution >= 4 is 5.91 Å². The second kappa shape index (κ2) is 4.14. The number of aromatic nitrogens is 3. The smallest absolute Gasteiger partial charge is 0.270 e. The van der Waals surface area contributed by atoms with E-state index in [0.29, 0.717) is 25.2 Å². The average Bonchev–Trinajstić information content (AvgIpc) is 2.90. The summed E-state index contributed by atoms with van der Waals surface area (Å²) in [5.41, 5.74) is 2.02. The third-order valence-corrected chi connectivity index (χ3v) is 3.07. The minimum Gasteiger partial charge on any atom is -0.357 e. The molecule has 18 heavy (non-hydrogen) atoms. The molecular weight excluding hydrogens is 232 g/mol. The monoisotopic (exact) mass is 244 g/mol. The molecule has 2 N–H and O–H groups in total. The van der Waals surface area contributed by atoms with Crippen LogP contribution in [-0.2, 0) is 13.0 Å². The largest absolute Gasteiger partial charge is 0.357 e. The highest BCUT2D eigenvalue weighted by Crippen LogP contribution is 2.16. The fraction of sp³-hybridized carbons (Fsp3) is 0.250. The summed E-state index contributed by atoms with van der Waals surface area (Å²) in [6.45, 7) is 1.05. The van der Waals surface area contributed by atoms with E-state index in [4.69, 9.17) is 0 Å². The van der Waals surface area contributed by atoms with E-state index in [0.717, 1.165) is 11.3 Å². The van der Waals surface area contributed by atoms with Gasteiger partial charge in [-0.3, -0.25) is 9.59 Å². The van der Waals surface area contributed by atoms with E-state index in [-0.39, 0.29) is 11.5 Å². The molecule has 0 fully saturated rings. The first kappa shape index (κ1) is 10.8. The summed E-state index contributed by atoms with van der Waals surface area (Å²) in [6, 6.07) is 5.04. The quantitative estimate of drug-likeness (QED) is 0.756. The van der Waals surface area contributed by atoms with Crippen molar-refractivity contribution < 1.29 is 4.79 Å². The van der Waals surface area contributed by atoms with Gasteiger partial charge in [0.25, 0.3) is 11.5 Å². The zero-order chi connectivity index (χ0) is 12.5. The number of fused-ring (bicyclic) bond motifs is 1. The zero-order valence-electron chi connectivity index (χ0n) is 9.64. The lowest BCUT2D eigenvalue weighted by molar-refractivity contribution is 0.0728. The van der Waals surface area contributed by atoms with E-state index in [1.807, 2.05) is 0 Å². The lowest BCUT2D eigenvalue weighted by Gasteiger charge is -2.27. The van der Waals surface area contributed by atoms with Crippen molar-refractivity contribution in [3.8, 4) is 0 Å². The highest BCUT2D eigenvalue weighted by atomic mass is 16.2. The number of hydrogen-bond acceptors (Lipinski definition) is 3. The summed E-state index contributed by atoms with van der Waals surface area (Å²) >= 11 is 0. The van der Waals surface area contributed by atoms with Gasteiger partial charge in [0.15, 0.2) is 0 Å². The molecule has 1 aliphatic rings. The Morgan fingerprint density at radius 2 is 2.33 bits per heavy atom. The van der Waals surface area contributed by atoms with Crippen LogP contribution < -0.4 is 5.56 Å². The molecule has 3 heterocycles. The van der Waals surface area contributed by atoms with Crippen LogP contribution in [0.25, 0.3) is 0 Å². The van der Waals surface area contributed by atoms with Gasteiger partial charge in [0.2, 0.25) is 0 Å². The Bertz CT molecular complexity index is 630. The van der Waals surface area contributed by atoms with Crippen molar-refractivity contribution in [3.63, 3.8) is 0 Å². The number of nitrogens with zero attached hydrogens (tertiary/aromatic N) is 2. The van der Waals surface area contributed by atoms with Crippen molar-refractivity contribution in [1.82, 2.24) is 20.1 Å². The van der Waals surface area contributed by atoms with Crippen molar-refractivity contribution in [3.05, 3.63) is 51.7 Å². The van der Waals surface area contributed by atoms with Gasteiger partial charge in [0, 0.05) is 37.3 Å². The minimum absolute atomic E-state index is 0.0501. The minimum atomic E-state index is -0.233. The molecule has 2 aromatic rings. The summed E-state index contributed by atoms with van der Waals surface area (Å²) in [4.78, 5) is 28.0. The van der Waals surface area contributed by atoms with E-state index in [1.54, 1.807) is 23.2 Å². The molecule has 6 nitrogen and oxygen atoms in total. The highest BCUT2D eigenvalue weighted by molar-refractivity contribution is 5.92. The molecule has 0 bridgehead atoms. The summed E-state index contributed by atoms with van der Waals surface area (Å²) < 4.78 is 0. The van der Waals surface area contributed by atoms with E-state index in [2.05, 4.69) is 15.2 Å². The number of rotatable bonds is 1. The number of amides is 1. The Morgan fingerprint density at radius 3 is 3.11 bits per heavy atom. The molecule has 0 aromatic carbocycles. The van der Waals surface area contributed by atoms with Crippen LogP contribution in [0.1, 0.15) is 21.7 Å². The molecule has 0 saturated carbocycles. The Balaban J connectivity index is 1.86. The fourth-order valence-corrected chi connectivity index (χ4v) is 2.15. The summed E-state index contributed by atoms with van der Waals surface area (Å²) in [5, 5.41) is 6.41. The molecule has 6 heteroatoms. The third kappa shape index (κ3) is 1.81. The molecule has 2 aromatic heterocycles. The number of H-pyrrole nitrogens is 2. The molecular formula is C12H12N4O2. The summed E-state index contributed by atoms with van der Waals surface area (Å²) in [5.74, 6) is -0.0501. The maximum atomic E-state index is 12.1. The van der Waals surface area contributed by atoms with E-state index in [1.165, 1.54) is 6.07 Å². The van der Waals surface area contributed by atoms with Gasteiger partial charge in [0.1, 0.15) is 5.69 Å². The Labute approximate surface area is 103 Å². The van der Waals surface area contributed by atoms with Crippen LogP contribution in [0.3, 0.4) is 0 Å². The lowest BCUT2D eigenvalue weighted by atomic mass is 10.1. The maximum Gasteiger partial charge on any atom is 0.270 e. The highest BCUT2D eigenvalue weighted by Gasteiger charge is 2.23. The number of aromatic amines is 2. The van der Waals surface area contributed by atoms with Crippen molar-refractivity contribution in [2.24, 2.45) is 0 Å². The second-order valence-corrected chi connectivity index (χ2v) is 4.26. The van der Waals surface area contributed by atoms with Crippen LogP contribution in [0.2, 0.25) is 0 Å². The van der Waals surface area contributed by atoms with E-state index in [9.17, 15) is 9.59 Å². The van der Waals surface area contributed by atoms with Gasteiger partial charge in [0.05, 0.1) is 5.69 Å². The SMILES string of the molecule is O=C(c1ccc[nH]1)N1CCc2n[nH]c(=O)cc2C1. The van der Waals surface area contributed by atoms with Crippen molar-refractivity contribution in [2.45, 2.75) is 13.0 Å². The molecule has 0 radical (unpaired) electrons. The van der Waals surface area contributed by atoms with Gasteiger partial charge in [-0.25, -0.2) is 5.10 Å². The predicted octanol–water partition coefficient (Wildman–Crippen LogP) is 0.296. The molecule has 92 valence electrons.